The summed E-state index contributed by atoms with van der Waals surface area (Å²) >= 11 is 0. The summed E-state index contributed by atoms with van der Waals surface area (Å²) in [4.78, 5) is 32.5. The van der Waals surface area contributed by atoms with Crippen molar-refractivity contribution in [3.63, 3.8) is 0 Å². The average molecular weight is 617 g/mol. The quantitative estimate of drug-likeness (QED) is 0.265. The largest absolute Gasteiger partial charge is 0.494 e. The Hall–Kier alpha value is -4.44. The van der Waals surface area contributed by atoms with E-state index < -0.39 is 0 Å². The summed E-state index contributed by atoms with van der Waals surface area (Å²) < 4.78 is 10.9. The van der Waals surface area contributed by atoms with Crippen LogP contribution in [0.25, 0.3) is 33.5 Å². The second-order valence-electron chi connectivity index (χ2n) is 13.9. The molecule has 4 fully saturated rings. The number of carbonyl (C=O) groups is 1. The molecule has 2 bridgehead atoms. The number of anilines is 1. The van der Waals surface area contributed by atoms with Gasteiger partial charge in [0, 0.05) is 73.4 Å². The van der Waals surface area contributed by atoms with E-state index in [2.05, 4.69) is 54.3 Å². The number of amides is 1. The summed E-state index contributed by atoms with van der Waals surface area (Å²) in [5, 5.41) is 1.22. The number of piperidine rings is 1. The number of nitrogens with two attached hydrogens (primary N) is 1. The lowest BCUT2D eigenvalue weighted by molar-refractivity contribution is 0.0700. The van der Waals surface area contributed by atoms with Gasteiger partial charge in [0.1, 0.15) is 22.9 Å². The van der Waals surface area contributed by atoms with Crippen LogP contribution in [0.15, 0.2) is 54.7 Å². The van der Waals surface area contributed by atoms with Crippen molar-refractivity contribution in [1.29, 1.82) is 0 Å². The third-order valence-corrected chi connectivity index (χ3v) is 10.8. The molecule has 2 aromatic carbocycles. The Morgan fingerprint density at radius 2 is 1.78 bits per heavy atom. The first-order valence-corrected chi connectivity index (χ1v) is 16.7. The van der Waals surface area contributed by atoms with Gasteiger partial charge in [-0.1, -0.05) is 18.2 Å². The third-order valence-electron chi connectivity index (χ3n) is 10.8. The van der Waals surface area contributed by atoms with Crippen LogP contribution in [0.3, 0.4) is 0 Å². The number of benzene rings is 2. The highest BCUT2D eigenvalue weighted by molar-refractivity contribution is 6.00. The highest BCUT2D eigenvalue weighted by atomic mass is 16.5. The predicted molar refractivity (Wildman–Crippen MR) is 178 cm³/mol. The van der Waals surface area contributed by atoms with Gasteiger partial charge in [0.2, 0.25) is 0 Å². The number of likely N-dealkylation sites (tertiary alicyclic amines) is 1. The van der Waals surface area contributed by atoms with Gasteiger partial charge in [-0.05, 0) is 74.8 Å². The Labute approximate surface area is 268 Å². The second-order valence-corrected chi connectivity index (χ2v) is 13.9. The number of fused-ring (bicyclic) bond motifs is 4. The van der Waals surface area contributed by atoms with Gasteiger partial charge >= 0.3 is 0 Å². The molecule has 5 heterocycles. The Bertz CT molecular complexity index is 1990. The number of hydrogen-bond acceptors (Lipinski definition) is 7. The molecule has 0 spiro atoms. The molecule has 10 nitrogen and oxygen atoms in total. The first kappa shape index (κ1) is 27.8. The highest BCUT2D eigenvalue weighted by Crippen LogP contribution is 2.41. The van der Waals surface area contributed by atoms with E-state index in [9.17, 15) is 4.79 Å². The maximum absolute atomic E-state index is 13.9. The van der Waals surface area contributed by atoms with E-state index in [4.69, 9.17) is 15.5 Å². The number of rotatable bonds is 8. The zero-order valence-electron chi connectivity index (χ0n) is 26.5. The van der Waals surface area contributed by atoms with Crippen molar-refractivity contribution in [1.82, 2.24) is 29.0 Å². The number of ether oxygens (including phenoxy) is 1. The summed E-state index contributed by atoms with van der Waals surface area (Å²) in [6.07, 6.45) is 6.45. The smallest absolute Gasteiger partial charge is 0.254 e. The molecule has 0 radical (unpaired) electrons. The Morgan fingerprint density at radius 3 is 2.52 bits per heavy atom. The molecule has 10 heteroatoms. The monoisotopic (exact) mass is 616 g/mol. The van der Waals surface area contributed by atoms with Crippen molar-refractivity contribution >= 4 is 33.7 Å². The number of aromatic nitrogens is 5. The maximum Gasteiger partial charge on any atom is 0.254 e. The molecule has 5 aromatic rings. The van der Waals surface area contributed by atoms with Crippen LogP contribution in [-0.2, 0) is 13.1 Å². The molecule has 2 aliphatic heterocycles. The minimum absolute atomic E-state index is 0.0246. The minimum Gasteiger partial charge on any atom is -0.494 e. The fraction of sp³-hybridized carbons (Fsp3) is 0.444. The van der Waals surface area contributed by atoms with Gasteiger partial charge in [-0.15, -0.1) is 0 Å². The van der Waals surface area contributed by atoms with E-state index in [1.165, 1.54) is 23.7 Å². The zero-order chi connectivity index (χ0) is 31.1. The zero-order valence-corrected chi connectivity index (χ0v) is 26.5. The van der Waals surface area contributed by atoms with E-state index >= 15 is 0 Å². The molecule has 4 aliphatic rings. The first-order chi connectivity index (χ1) is 22.4. The average Bonchev–Trinajstić information content (AvgIpc) is 3.40. The Morgan fingerprint density at radius 1 is 0.957 bits per heavy atom. The van der Waals surface area contributed by atoms with Crippen molar-refractivity contribution < 1.29 is 9.53 Å². The fourth-order valence-corrected chi connectivity index (χ4v) is 8.23. The molecule has 3 atom stereocenters. The number of para-hydroxylation sites is 1. The first-order valence-electron chi connectivity index (χ1n) is 16.7. The summed E-state index contributed by atoms with van der Waals surface area (Å²) in [5.74, 6) is 4.88. The van der Waals surface area contributed by atoms with Crippen LogP contribution in [0.4, 0.5) is 5.82 Å². The topological polar surface area (TPSA) is 107 Å². The van der Waals surface area contributed by atoms with E-state index in [0.717, 1.165) is 79.8 Å². The van der Waals surface area contributed by atoms with Crippen LogP contribution < -0.4 is 15.4 Å². The van der Waals surface area contributed by atoms with Gasteiger partial charge in [0.25, 0.3) is 5.91 Å². The number of hydrogen-bond donors (Lipinski definition) is 1. The van der Waals surface area contributed by atoms with Crippen LogP contribution in [0.1, 0.15) is 41.9 Å². The van der Waals surface area contributed by atoms with Gasteiger partial charge in [0.05, 0.1) is 18.3 Å². The van der Waals surface area contributed by atoms with Crippen LogP contribution >= 0.6 is 0 Å². The third kappa shape index (κ3) is 4.48. The van der Waals surface area contributed by atoms with E-state index in [0.29, 0.717) is 29.1 Å². The van der Waals surface area contributed by atoms with Gasteiger partial charge < -0.3 is 29.4 Å². The molecule has 2 saturated carbocycles. The molecule has 2 saturated heterocycles. The summed E-state index contributed by atoms with van der Waals surface area (Å²) in [6.45, 7) is 6.23. The second kappa shape index (κ2) is 10.6. The van der Waals surface area contributed by atoms with Crippen LogP contribution in [0.5, 0.6) is 5.75 Å². The maximum atomic E-state index is 13.9. The summed E-state index contributed by atoms with van der Waals surface area (Å²) in [6, 6.07) is 17.0. The van der Waals surface area contributed by atoms with E-state index in [-0.39, 0.29) is 18.0 Å². The number of aryl methyl sites for hydroxylation is 1. The van der Waals surface area contributed by atoms with E-state index in [1.807, 2.05) is 36.2 Å². The molecular formula is C36H40N8O2. The standard InChI is InChI=1S/C36H40N8O2/c1-21-38-12-11-32(39-21)41-16-23(17-41)19-44-34-27(13-26(15-31(34)46-2)36(45)43-20-25-9-10-29(43)33(25)37)40-35(44)30-14-24-5-3-4-6-28(24)42(30)18-22-7-8-22/h3-6,11-15,22-23,25,29,33H,7-10,16-20,37H2,1-2H3/t25?,29?,33-/m1/s1. The molecule has 3 aromatic heterocycles. The number of methoxy groups -OCH3 is 1. The lowest BCUT2D eigenvalue weighted by Gasteiger charge is -2.40. The minimum atomic E-state index is 0.0246. The van der Waals surface area contributed by atoms with Gasteiger partial charge in [0.15, 0.2) is 5.82 Å². The SMILES string of the molecule is COc1cc(C(=O)N2CC3CCC2[C@@H]3N)cc2nc(-c3cc4ccccc4n3CC3CC3)n(CC3CN(c4ccnc(C)n4)C3)c12. The van der Waals surface area contributed by atoms with Crippen molar-refractivity contribution in [2.75, 3.05) is 31.6 Å². The molecule has 1 amide bonds. The lowest BCUT2D eigenvalue weighted by Crippen LogP contribution is -2.49. The molecular weight excluding hydrogens is 576 g/mol. The molecule has 2 unspecified atom stereocenters. The number of nitrogens with zero attached hydrogens (tertiary/aromatic N) is 7. The van der Waals surface area contributed by atoms with Gasteiger partial charge in [-0.25, -0.2) is 15.0 Å². The van der Waals surface area contributed by atoms with Crippen LogP contribution in [0, 0.1) is 24.7 Å². The molecule has 2 N–H and O–H groups in total. The Kier molecular flexibility index (Phi) is 6.39. The van der Waals surface area contributed by atoms with E-state index in [1.54, 1.807) is 7.11 Å². The summed E-state index contributed by atoms with van der Waals surface area (Å²) in [5.41, 5.74) is 11.2. The van der Waals surface area contributed by atoms with Crippen molar-refractivity contribution in [3.8, 4) is 17.3 Å². The normalized spacial score (nSPS) is 22.7. The van der Waals surface area contributed by atoms with Gasteiger partial charge in [-0.2, -0.15) is 0 Å². The van der Waals surface area contributed by atoms with Crippen molar-refractivity contribution in [2.45, 2.75) is 57.8 Å². The fourth-order valence-electron chi connectivity index (χ4n) is 8.23. The number of carbonyl (C=O) groups excluding carboxylic acids is 1. The lowest BCUT2D eigenvalue weighted by atomic mass is 9.99. The van der Waals surface area contributed by atoms with Crippen molar-refractivity contribution in [2.24, 2.45) is 23.5 Å². The molecule has 46 heavy (non-hydrogen) atoms. The Balaban J connectivity index is 1.14. The van der Waals surface area contributed by atoms with Crippen molar-refractivity contribution in [3.05, 3.63) is 66.1 Å². The van der Waals surface area contributed by atoms with Crippen LogP contribution in [-0.4, -0.2) is 73.7 Å². The van der Waals surface area contributed by atoms with Crippen LogP contribution in [0.2, 0.25) is 0 Å². The van der Waals surface area contributed by atoms with Gasteiger partial charge in [-0.3, -0.25) is 4.79 Å². The molecule has 9 rings (SSSR count). The molecule has 2 aliphatic carbocycles. The summed E-state index contributed by atoms with van der Waals surface area (Å²) in [7, 11) is 1.69. The predicted octanol–water partition coefficient (Wildman–Crippen LogP) is 4.87. The highest BCUT2D eigenvalue weighted by Gasteiger charge is 2.47. The number of imidazole rings is 1. The molecule has 236 valence electrons.